The van der Waals surface area contributed by atoms with Crippen molar-refractivity contribution in [2.75, 3.05) is 0 Å². The van der Waals surface area contributed by atoms with Crippen molar-refractivity contribution in [3.8, 4) is 11.8 Å². The Morgan fingerprint density at radius 2 is 1.56 bits per heavy atom. The second kappa shape index (κ2) is 7.24. The predicted molar refractivity (Wildman–Crippen MR) is 111 cm³/mol. The van der Waals surface area contributed by atoms with Crippen molar-refractivity contribution in [1.82, 2.24) is 5.32 Å². The van der Waals surface area contributed by atoms with Crippen molar-refractivity contribution >= 4 is 5.91 Å². The molecule has 0 bridgehead atoms. The van der Waals surface area contributed by atoms with Gasteiger partial charge in [0.05, 0.1) is 6.04 Å². The van der Waals surface area contributed by atoms with Gasteiger partial charge in [-0.15, -0.1) is 0 Å². The summed E-state index contributed by atoms with van der Waals surface area (Å²) in [5, 5.41) is 3.34. The van der Waals surface area contributed by atoms with Gasteiger partial charge in [-0.05, 0) is 41.5 Å². The fourth-order valence-corrected chi connectivity index (χ4v) is 4.09. The van der Waals surface area contributed by atoms with Gasteiger partial charge in [-0.1, -0.05) is 82.9 Å². The Morgan fingerprint density at radius 3 is 2.26 bits per heavy atom. The molecule has 1 aliphatic carbocycles. The van der Waals surface area contributed by atoms with E-state index < -0.39 is 5.41 Å². The largest absolute Gasteiger partial charge is 0.348 e. The summed E-state index contributed by atoms with van der Waals surface area (Å²) >= 11 is 0. The normalized spacial score (nSPS) is 16.1. The number of nitrogens with one attached hydrogen (secondary N) is 1. The molecule has 27 heavy (non-hydrogen) atoms. The van der Waals surface area contributed by atoms with Crippen LogP contribution in [0.25, 0.3) is 0 Å². The maximum absolute atomic E-state index is 13.2. The van der Waals surface area contributed by atoms with E-state index in [9.17, 15) is 4.79 Å². The van der Waals surface area contributed by atoms with Crippen molar-refractivity contribution < 1.29 is 4.79 Å². The molecular weight excluding hydrogens is 330 g/mol. The van der Waals surface area contributed by atoms with E-state index in [0.717, 1.165) is 29.5 Å². The molecule has 1 aliphatic rings. The molecule has 2 heteroatoms. The molecule has 0 aliphatic heterocycles. The summed E-state index contributed by atoms with van der Waals surface area (Å²) in [6, 6.07) is 16.3. The lowest BCUT2D eigenvalue weighted by molar-refractivity contribution is -0.131. The predicted octanol–water partition coefficient (Wildman–Crippen LogP) is 5.26. The smallest absolute Gasteiger partial charge is 0.226 e. The molecule has 1 amide bonds. The number of rotatable bonds is 3. The molecule has 0 heterocycles. The average Bonchev–Trinajstić information content (AvgIpc) is 2.57. The first kappa shape index (κ1) is 19.2. The van der Waals surface area contributed by atoms with Crippen molar-refractivity contribution in [2.45, 2.75) is 53.5 Å². The highest BCUT2D eigenvalue weighted by molar-refractivity contribution is 5.82. The lowest BCUT2D eigenvalue weighted by Gasteiger charge is -2.33. The molecule has 0 saturated heterocycles. The van der Waals surface area contributed by atoms with Crippen LogP contribution in [0.15, 0.2) is 48.5 Å². The van der Waals surface area contributed by atoms with Crippen LogP contribution in [-0.2, 0) is 11.2 Å². The summed E-state index contributed by atoms with van der Waals surface area (Å²) in [5.41, 5.74) is 3.97. The van der Waals surface area contributed by atoms with Crippen molar-refractivity contribution in [2.24, 2.45) is 10.8 Å². The SMILES string of the molecule is CC(C)(C)CC(C)(C)C(=O)NC1Cc2ccccc2C#Cc2ccccc21. The molecule has 140 valence electrons. The standard InChI is InChI=1S/C25H29NO/c1-24(2,3)17-25(4,5)23(27)26-22-16-20-12-7-6-10-18(20)14-15-19-11-8-9-13-21(19)22/h6-13,22H,16-17H2,1-5H3,(H,26,27). The van der Waals surface area contributed by atoms with Crippen molar-refractivity contribution in [1.29, 1.82) is 0 Å². The minimum absolute atomic E-state index is 0.0799. The van der Waals surface area contributed by atoms with Crippen LogP contribution in [0.2, 0.25) is 0 Å². The maximum Gasteiger partial charge on any atom is 0.226 e. The monoisotopic (exact) mass is 359 g/mol. The topological polar surface area (TPSA) is 29.1 Å². The Balaban J connectivity index is 1.96. The highest BCUT2D eigenvalue weighted by Gasteiger charge is 2.34. The minimum Gasteiger partial charge on any atom is -0.348 e. The van der Waals surface area contributed by atoms with Gasteiger partial charge in [0, 0.05) is 16.5 Å². The zero-order valence-corrected chi connectivity index (χ0v) is 17.0. The summed E-state index contributed by atoms with van der Waals surface area (Å²) in [6.07, 6.45) is 1.58. The lowest BCUT2D eigenvalue weighted by Crippen LogP contribution is -2.42. The average molecular weight is 360 g/mol. The third-order valence-corrected chi connectivity index (χ3v) is 5.00. The molecule has 2 nitrogen and oxygen atoms in total. The Hall–Kier alpha value is -2.53. The van der Waals surface area contributed by atoms with Gasteiger partial charge < -0.3 is 5.32 Å². The zero-order valence-electron chi connectivity index (χ0n) is 17.0. The second-order valence-electron chi connectivity index (χ2n) is 9.35. The summed E-state index contributed by atoms with van der Waals surface area (Å²) in [4.78, 5) is 13.2. The first-order valence-corrected chi connectivity index (χ1v) is 9.66. The maximum atomic E-state index is 13.2. The number of carbonyl (C=O) groups is 1. The van der Waals surface area contributed by atoms with Crippen LogP contribution in [-0.4, -0.2) is 5.91 Å². The van der Waals surface area contributed by atoms with Crippen LogP contribution < -0.4 is 5.32 Å². The van der Waals surface area contributed by atoms with E-state index in [1.807, 2.05) is 44.2 Å². The van der Waals surface area contributed by atoms with Crippen LogP contribution in [0.5, 0.6) is 0 Å². The Labute approximate surface area is 163 Å². The molecule has 0 aromatic heterocycles. The van der Waals surface area contributed by atoms with Gasteiger partial charge in [0.25, 0.3) is 0 Å². The first-order chi connectivity index (χ1) is 12.7. The number of benzene rings is 2. The van der Waals surface area contributed by atoms with E-state index >= 15 is 0 Å². The molecule has 0 radical (unpaired) electrons. The van der Waals surface area contributed by atoms with Crippen LogP contribution in [0.3, 0.4) is 0 Å². The summed E-state index contributed by atoms with van der Waals surface area (Å²) in [7, 11) is 0. The van der Waals surface area contributed by atoms with Crippen molar-refractivity contribution in [3.63, 3.8) is 0 Å². The van der Waals surface area contributed by atoms with Crippen molar-refractivity contribution in [3.05, 3.63) is 70.8 Å². The zero-order chi connectivity index (χ0) is 19.7. The highest BCUT2D eigenvalue weighted by atomic mass is 16.2. The fraction of sp³-hybridized carbons (Fsp3) is 0.400. The number of fused-ring (bicyclic) bond motifs is 2. The summed E-state index contributed by atoms with van der Waals surface area (Å²) in [5.74, 6) is 6.69. The molecule has 1 N–H and O–H groups in total. The third-order valence-electron chi connectivity index (χ3n) is 5.00. The van der Waals surface area contributed by atoms with Crippen LogP contribution in [0, 0.1) is 22.7 Å². The highest BCUT2D eigenvalue weighted by Crippen LogP contribution is 2.34. The van der Waals surface area contributed by atoms with Gasteiger partial charge in [0.1, 0.15) is 0 Å². The van der Waals surface area contributed by atoms with Gasteiger partial charge in [-0.3, -0.25) is 4.79 Å². The summed E-state index contributed by atoms with van der Waals surface area (Å²) in [6.45, 7) is 10.6. The number of hydrogen-bond acceptors (Lipinski definition) is 1. The number of hydrogen-bond donors (Lipinski definition) is 1. The van der Waals surface area contributed by atoms with E-state index in [2.05, 4.69) is 56.1 Å². The Kier molecular flexibility index (Phi) is 5.16. The lowest BCUT2D eigenvalue weighted by atomic mass is 9.75. The van der Waals surface area contributed by atoms with Gasteiger partial charge in [-0.2, -0.15) is 0 Å². The van der Waals surface area contributed by atoms with E-state index in [4.69, 9.17) is 0 Å². The van der Waals surface area contributed by atoms with E-state index in [0.29, 0.717) is 0 Å². The van der Waals surface area contributed by atoms with Gasteiger partial charge >= 0.3 is 0 Å². The number of amides is 1. The molecule has 3 rings (SSSR count). The number of carbonyl (C=O) groups excluding carboxylic acids is 1. The molecule has 0 fully saturated rings. The van der Waals surface area contributed by atoms with Gasteiger partial charge in [0.15, 0.2) is 0 Å². The molecule has 0 saturated carbocycles. The van der Waals surface area contributed by atoms with Crippen LogP contribution in [0.1, 0.15) is 69.3 Å². The third kappa shape index (κ3) is 4.61. The molecular formula is C25H29NO. The molecule has 1 unspecified atom stereocenters. The molecule has 2 aromatic rings. The van der Waals surface area contributed by atoms with Gasteiger partial charge in [0.2, 0.25) is 5.91 Å². The van der Waals surface area contributed by atoms with E-state index in [1.54, 1.807) is 0 Å². The van der Waals surface area contributed by atoms with Gasteiger partial charge in [-0.25, -0.2) is 0 Å². The van der Waals surface area contributed by atoms with Crippen LogP contribution >= 0.6 is 0 Å². The molecule has 0 spiro atoms. The minimum atomic E-state index is -0.430. The molecule has 2 aromatic carbocycles. The fourth-order valence-electron chi connectivity index (χ4n) is 4.09. The summed E-state index contributed by atoms with van der Waals surface area (Å²) < 4.78 is 0. The first-order valence-electron chi connectivity index (χ1n) is 9.66. The quantitative estimate of drug-likeness (QED) is 0.744. The Bertz CT molecular complexity index is 906. The second-order valence-corrected chi connectivity index (χ2v) is 9.35. The van der Waals surface area contributed by atoms with E-state index in [-0.39, 0.29) is 17.4 Å². The van der Waals surface area contributed by atoms with Crippen LogP contribution in [0.4, 0.5) is 0 Å². The Morgan fingerprint density at radius 1 is 0.963 bits per heavy atom. The van der Waals surface area contributed by atoms with E-state index in [1.165, 1.54) is 5.56 Å². The molecule has 1 atom stereocenters.